The van der Waals surface area contributed by atoms with E-state index < -0.39 is 17.8 Å². The molecule has 4 aromatic carbocycles. The molecule has 0 spiro atoms. The Labute approximate surface area is 221 Å². The minimum atomic E-state index is -0.941. The zero-order chi connectivity index (χ0) is 26.1. The summed E-state index contributed by atoms with van der Waals surface area (Å²) in [5, 5.41) is 4.39. The molecule has 0 amide bonds. The van der Waals surface area contributed by atoms with Crippen LogP contribution >= 0.6 is 0 Å². The molecule has 0 saturated carbocycles. The Morgan fingerprint density at radius 1 is 0.895 bits per heavy atom. The van der Waals surface area contributed by atoms with Crippen LogP contribution in [0.3, 0.4) is 0 Å². The number of carbonyl (C=O) groups excluding carboxylic acids is 1. The molecule has 1 aromatic heterocycles. The van der Waals surface area contributed by atoms with E-state index in [4.69, 9.17) is 14.2 Å². The first-order valence-electron chi connectivity index (χ1n) is 12.7. The second-order valence-corrected chi connectivity index (χ2v) is 9.15. The van der Waals surface area contributed by atoms with E-state index in [1.54, 1.807) is 14.0 Å². The van der Waals surface area contributed by atoms with E-state index >= 15 is 0 Å². The minimum Gasteiger partial charge on any atom is -0.497 e. The summed E-state index contributed by atoms with van der Waals surface area (Å²) in [4.78, 5) is 16.5. The van der Waals surface area contributed by atoms with Crippen LogP contribution in [0.5, 0.6) is 5.75 Å². The first-order valence-corrected chi connectivity index (χ1v) is 12.7. The smallest absolute Gasteiger partial charge is 0.355 e. The zero-order valence-electron chi connectivity index (χ0n) is 21.2. The molecule has 6 heteroatoms. The van der Waals surface area contributed by atoms with Crippen LogP contribution in [-0.2, 0) is 15.1 Å². The highest BCUT2D eigenvalue weighted by atomic mass is 16.5. The van der Waals surface area contributed by atoms with Crippen LogP contribution in [-0.4, -0.2) is 24.7 Å². The lowest BCUT2D eigenvalue weighted by molar-refractivity contribution is -0.0431. The highest BCUT2D eigenvalue weighted by Gasteiger charge is 2.46. The van der Waals surface area contributed by atoms with Crippen molar-refractivity contribution in [1.29, 1.82) is 0 Å². The Bertz CT molecular complexity index is 1550. The van der Waals surface area contributed by atoms with Crippen molar-refractivity contribution in [2.45, 2.75) is 18.8 Å². The van der Waals surface area contributed by atoms with Gasteiger partial charge in [0.1, 0.15) is 17.0 Å². The van der Waals surface area contributed by atoms with E-state index in [1.165, 1.54) is 0 Å². The lowest BCUT2D eigenvalue weighted by atomic mass is 9.78. The van der Waals surface area contributed by atoms with E-state index in [0.717, 1.165) is 33.3 Å². The molecule has 190 valence electrons. The third-order valence-corrected chi connectivity index (χ3v) is 7.04. The van der Waals surface area contributed by atoms with Gasteiger partial charge in [-0.2, -0.15) is 0 Å². The summed E-state index contributed by atoms with van der Waals surface area (Å²) in [5.41, 5.74) is 4.75. The average molecular weight is 505 g/mol. The molecule has 6 rings (SSSR count). The van der Waals surface area contributed by atoms with Gasteiger partial charge in [-0.3, -0.25) is 0 Å². The second kappa shape index (κ2) is 9.72. The SMILES string of the molecule is CCOC(=O)c1[nH]c2ccc(OC)cc2c1[C@H]1Nc2ccccc2C(c2ccccc2)(c2ccccc2)O1. The van der Waals surface area contributed by atoms with Crippen molar-refractivity contribution in [3.8, 4) is 5.75 Å². The quantitative estimate of drug-likeness (QED) is 0.249. The van der Waals surface area contributed by atoms with Crippen LogP contribution in [0.15, 0.2) is 103 Å². The summed E-state index contributed by atoms with van der Waals surface area (Å²) in [6, 6.07) is 34.2. The van der Waals surface area contributed by atoms with Gasteiger partial charge in [0.15, 0.2) is 6.23 Å². The van der Waals surface area contributed by atoms with Crippen LogP contribution in [0, 0.1) is 0 Å². The fraction of sp³-hybridized carbons (Fsp3) is 0.156. The highest BCUT2D eigenvalue weighted by molar-refractivity contribution is 5.99. The number of fused-ring (bicyclic) bond motifs is 2. The first-order chi connectivity index (χ1) is 18.7. The number of esters is 1. The van der Waals surface area contributed by atoms with Crippen molar-refractivity contribution in [2.24, 2.45) is 0 Å². The fourth-order valence-electron chi connectivity index (χ4n) is 5.37. The summed E-state index contributed by atoms with van der Waals surface area (Å²) in [7, 11) is 1.63. The number of aromatic nitrogens is 1. The van der Waals surface area contributed by atoms with Gasteiger partial charge in [0.25, 0.3) is 0 Å². The molecule has 1 aliphatic heterocycles. The number of nitrogens with one attached hydrogen (secondary N) is 2. The molecule has 0 aliphatic carbocycles. The van der Waals surface area contributed by atoms with Gasteiger partial charge >= 0.3 is 5.97 Å². The number of ether oxygens (including phenoxy) is 3. The monoisotopic (exact) mass is 504 g/mol. The molecular formula is C32H28N2O4. The molecule has 5 aromatic rings. The minimum absolute atomic E-state index is 0.261. The summed E-state index contributed by atoms with van der Waals surface area (Å²) >= 11 is 0. The number of carbonyl (C=O) groups is 1. The van der Waals surface area contributed by atoms with Crippen LogP contribution < -0.4 is 10.1 Å². The zero-order valence-corrected chi connectivity index (χ0v) is 21.2. The number of H-pyrrole nitrogens is 1. The molecule has 0 radical (unpaired) electrons. The molecule has 2 heterocycles. The number of para-hydroxylation sites is 1. The van der Waals surface area contributed by atoms with Crippen LogP contribution in [0.4, 0.5) is 5.69 Å². The highest BCUT2D eigenvalue weighted by Crippen LogP contribution is 2.51. The van der Waals surface area contributed by atoms with Gasteiger partial charge in [0.2, 0.25) is 0 Å². The molecule has 38 heavy (non-hydrogen) atoms. The standard InChI is InChI=1S/C32H28N2O4/c1-3-37-31(35)29-28(24-20-23(36-2)18-19-26(24)33-29)30-34-27-17-11-10-16-25(27)32(38-30,21-12-6-4-7-13-21)22-14-8-5-9-15-22/h4-20,30,33-34H,3H2,1-2H3/t30-/m0/s1. The number of aromatic amines is 1. The fourth-order valence-corrected chi connectivity index (χ4v) is 5.37. The molecular weight excluding hydrogens is 476 g/mol. The van der Waals surface area contributed by atoms with Gasteiger partial charge in [-0.05, 0) is 42.3 Å². The van der Waals surface area contributed by atoms with Gasteiger partial charge in [-0.25, -0.2) is 4.79 Å². The molecule has 0 bridgehead atoms. The van der Waals surface area contributed by atoms with Gasteiger partial charge in [-0.15, -0.1) is 0 Å². The predicted octanol–water partition coefficient (Wildman–Crippen LogP) is 6.79. The Balaban J connectivity index is 1.64. The molecule has 2 N–H and O–H groups in total. The van der Waals surface area contributed by atoms with E-state index in [0.29, 0.717) is 17.0 Å². The predicted molar refractivity (Wildman–Crippen MR) is 147 cm³/mol. The molecule has 0 fully saturated rings. The normalized spacial score (nSPS) is 15.9. The maximum absolute atomic E-state index is 13.2. The van der Waals surface area contributed by atoms with Crippen molar-refractivity contribution in [3.05, 3.63) is 131 Å². The van der Waals surface area contributed by atoms with Gasteiger partial charge in [0, 0.05) is 27.7 Å². The lowest BCUT2D eigenvalue weighted by Crippen LogP contribution is -2.41. The lowest BCUT2D eigenvalue weighted by Gasteiger charge is -2.44. The summed E-state index contributed by atoms with van der Waals surface area (Å²) in [5.74, 6) is 0.244. The van der Waals surface area contributed by atoms with E-state index in [1.807, 2.05) is 72.8 Å². The van der Waals surface area contributed by atoms with Gasteiger partial charge in [-0.1, -0.05) is 78.9 Å². The first kappa shape index (κ1) is 23.8. The van der Waals surface area contributed by atoms with Crippen molar-refractivity contribution in [3.63, 3.8) is 0 Å². The van der Waals surface area contributed by atoms with E-state index in [9.17, 15) is 4.79 Å². The number of anilines is 1. The third kappa shape index (κ3) is 3.81. The van der Waals surface area contributed by atoms with Crippen molar-refractivity contribution >= 4 is 22.6 Å². The molecule has 1 atom stereocenters. The van der Waals surface area contributed by atoms with Gasteiger partial charge in [0.05, 0.1) is 13.7 Å². The Morgan fingerprint density at radius 2 is 1.55 bits per heavy atom. The topological polar surface area (TPSA) is 72.6 Å². The number of benzene rings is 4. The van der Waals surface area contributed by atoms with E-state index in [2.05, 4.69) is 40.6 Å². The van der Waals surface area contributed by atoms with Crippen molar-refractivity contribution < 1.29 is 19.0 Å². The Morgan fingerprint density at radius 3 is 2.21 bits per heavy atom. The number of hydrogen-bond donors (Lipinski definition) is 2. The van der Waals surface area contributed by atoms with Crippen LogP contribution in [0.2, 0.25) is 0 Å². The van der Waals surface area contributed by atoms with Crippen LogP contribution in [0.1, 0.15) is 45.9 Å². The van der Waals surface area contributed by atoms with Crippen molar-refractivity contribution in [2.75, 3.05) is 19.0 Å². The summed E-state index contributed by atoms with van der Waals surface area (Å²) in [6.07, 6.45) is -0.689. The Kier molecular flexibility index (Phi) is 6.10. The van der Waals surface area contributed by atoms with Crippen LogP contribution in [0.25, 0.3) is 10.9 Å². The molecule has 1 aliphatic rings. The maximum atomic E-state index is 13.2. The van der Waals surface area contributed by atoms with E-state index in [-0.39, 0.29) is 6.61 Å². The van der Waals surface area contributed by atoms with Crippen molar-refractivity contribution in [1.82, 2.24) is 4.98 Å². The number of methoxy groups -OCH3 is 1. The molecule has 0 unspecified atom stereocenters. The van der Waals surface area contributed by atoms with Gasteiger partial charge < -0.3 is 24.5 Å². The second-order valence-electron chi connectivity index (χ2n) is 9.15. The average Bonchev–Trinajstić information content (AvgIpc) is 3.36. The third-order valence-electron chi connectivity index (χ3n) is 7.04. The molecule has 6 nitrogen and oxygen atoms in total. The number of rotatable bonds is 6. The number of hydrogen-bond acceptors (Lipinski definition) is 5. The summed E-state index contributed by atoms with van der Waals surface area (Å²) < 4.78 is 18.2. The Hall–Kier alpha value is -4.55. The summed E-state index contributed by atoms with van der Waals surface area (Å²) in [6.45, 7) is 2.06. The largest absolute Gasteiger partial charge is 0.497 e. The molecule has 0 saturated heterocycles. The maximum Gasteiger partial charge on any atom is 0.355 e.